The SMILES string of the molecule is CC.Cc1c(/C=N/n2ccc3ccccc32)cccc1C(C)(C)C1=CCCC=C1. The molecule has 1 aliphatic rings. The fraction of sp³-hybridized carbons (Fsp3) is 0.296. The maximum Gasteiger partial charge on any atom is 0.0718 e. The predicted molar refractivity (Wildman–Crippen MR) is 127 cm³/mol. The van der Waals surface area contributed by atoms with E-state index in [1.807, 2.05) is 37.0 Å². The Labute approximate surface area is 175 Å². The van der Waals surface area contributed by atoms with Gasteiger partial charge in [-0.1, -0.05) is 82.3 Å². The quantitative estimate of drug-likeness (QED) is 0.417. The van der Waals surface area contributed by atoms with Crippen molar-refractivity contribution in [2.45, 2.75) is 52.9 Å². The molecule has 0 amide bonds. The maximum absolute atomic E-state index is 4.72. The first-order chi connectivity index (χ1) is 14.1. The average Bonchev–Trinajstić information content (AvgIpc) is 3.18. The lowest BCUT2D eigenvalue weighted by molar-refractivity contribution is 0.626. The van der Waals surface area contributed by atoms with E-state index in [4.69, 9.17) is 5.10 Å². The summed E-state index contributed by atoms with van der Waals surface area (Å²) in [5.74, 6) is 0. The van der Waals surface area contributed by atoms with Gasteiger partial charge in [0, 0.05) is 17.0 Å². The van der Waals surface area contributed by atoms with Gasteiger partial charge in [-0.15, -0.1) is 0 Å². The predicted octanol–water partition coefficient (Wildman–Crippen LogP) is 7.41. The number of hydrogen-bond donors (Lipinski definition) is 0. The first-order valence-corrected chi connectivity index (χ1v) is 10.6. The van der Waals surface area contributed by atoms with Crippen LogP contribution in [0.25, 0.3) is 10.9 Å². The molecule has 0 saturated heterocycles. The summed E-state index contributed by atoms with van der Waals surface area (Å²) in [6, 6.07) is 17.0. The fourth-order valence-electron chi connectivity index (χ4n) is 4.00. The molecule has 2 nitrogen and oxygen atoms in total. The van der Waals surface area contributed by atoms with Crippen molar-refractivity contribution < 1.29 is 0 Å². The van der Waals surface area contributed by atoms with Crippen molar-refractivity contribution in [3.63, 3.8) is 0 Å². The number of para-hydroxylation sites is 1. The van der Waals surface area contributed by atoms with Crippen LogP contribution in [0.1, 0.15) is 57.2 Å². The molecule has 3 aromatic rings. The standard InChI is InChI=1S/C25H26N2.C2H6/c1-19-21(18-26-27-17-16-20-10-7-8-15-24(20)27)11-9-14-23(19)25(2,3)22-12-5-4-6-13-22;1-2/h5,7-18H,4,6H2,1-3H3;1-2H3/b26-18+;. The maximum atomic E-state index is 4.72. The van der Waals surface area contributed by atoms with E-state index >= 15 is 0 Å². The van der Waals surface area contributed by atoms with Crippen LogP contribution < -0.4 is 0 Å². The highest BCUT2D eigenvalue weighted by molar-refractivity contribution is 5.84. The van der Waals surface area contributed by atoms with E-state index in [-0.39, 0.29) is 5.41 Å². The highest BCUT2D eigenvalue weighted by Gasteiger charge is 2.26. The van der Waals surface area contributed by atoms with Crippen molar-refractivity contribution in [1.29, 1.82) is 0 Å². The molecule has 1 aromatic heterocycles. The van der Waals surface area contributed by atoms with Gasteiger partial charge in [-0.2, -0.15) is 5.10 Å². The van der Waals surface area contributed by atoms with Crippen molar-refractivity contribution in [2.24, 2.45) is 5.10 Å². The minimum Gasteiger partial charge on any atom is -0.240 e. The van der Waals surface area contributed by atoms with E-state index in [1.165, 1.54) is 27.6 Å². The third-order valence-electron chi connectivity index (χ3n) is 5.67. The highest BCUT2D eigenvalue weighted by atomic mass is 15.3. The summed E-state index contributed by atoms with van der Waals surface area (Å²) in [5.41, 5.74) is 6.34. The zero-order valence-electron chi connectivity index (χ0n) is 18.3. The normalized spacial score (nSPS) is 14.0. The first-order valence-electron chi connectivity index (χ1n) is 10.6. The second kappa shape index (κ2) is 9.09. The van der Waals surface area contributed by atoms with E-state index in [0.717, 1.165) is 18.4 Å². The summed E-state index contributed by atoms with van der Waals surface area (Å²) in [4.78, 5) is 0. The van der Waals surface area contributed by atoms with Crippen molar-refractivity contribution in [1.82, 2.24) is 4.68 Å². The van der Waals surface area contributed by atoms with Crippen molar-refractivity contribution in [3.05, 3.63) is 95.2 Å². The number of allylic oxidation sites excluding steroid dienone is 4. The summed E-state index contributed by atoms with van der Waals surface area (Å²) in [5, 5.41) is 5.93. The smallest absolute Gasteiger partial charge is 0.0718 e. The molecule has 1 heterocycles. The van der Waals surface area contributed by atoms with Crippen LogP contribution in [-0.4, -0.2) is 10.9 Å². The molecule has 0 atom stereocenters. The van der Waals surface area contributed by atoms with Gasteiger partial charge in [0.25, 0.3) is 0 Å². The lowest BCUT2D eigenvalue weighted by atomic mass is 9.73. The van der Waals surface area contributed by atoms with Gasteiger partial charge in [-0.3, -0.25) is 0 Å². The molecule has 0 fully saturated rings. The molecule has 0 saturated carbocycles. The second-order valence-corrected chi connectivity index (χ2v) is 7.75. The summed E-state index contributed by atoms with van der Waals surface area (Å²) in [7, 11) is 0. The summed E-state index contributed by atoms with van der Waals surface area (Å²) >= 11 is 0. The second-order valence-electron chi connectivity index (χ2n) is 7.75. The molecule has 0 radical (unpaired) electrons. The largest absolute Gasteiger partial charge is 0.240 e. The minimum absolute atomic E-state index is 0.00893. The minimum atomic E-state index is -0.00893. The van der Waals surface area contributed by atoms with Crippen LogP contribution in [0.3, 0.4) is 0 Å². The Bertz CT molecular complexity index is 1060. The Morgan fingerprint density at radius 2 is 1.76 bits per heavy atom. The Balaban J connectivity index is 0.00000117. The van der Waals surface area contributed by atoms with Crippen LogP contribution in [0, 0.1) is 6.92 Å². The molecule has 4 rings (SSSR count). The van der Waals surface area contributed by atoms with E-state index in [2.05, 4.69) is 81.5 Å². The van der Waals surface area contributed by atoms with Gasteiger partial charge in [0.1, 0.15) is 0 Å². The number of hydrogen-bond acceptors (Lipinski definition) is 1. The van der Waals surface area contributed by atoms with Crippen molar-refractivity contribution in [3.8, 4) is 0 Å². The third-order valence-corrected chi connectivity index (χ3v) is 5.67. The van der Waals surface area contributed by atoms with Gasteiger partial charge in [0.15, 0.2) is 0 Å². The summed E-state index contributed by atoms with van der Waals surface area (Å²) in [6.45, 7) is 10.8. The zero-order valence-corrected chi connectivity index (χ0v) is 18.3. The van der Waals surface area contributed by atoms with Gasteiger partial charge in [0.2, 0.25) is 0 Å². The molecule has 150 valence electrons. The Hall–Kier alpha value is -2.87. The Morgan fingerprint density at radius 1 is 0.966 bits per heavy atom. The molecular formula is C27H32N2. The fourth-order valence-corrected chi connectivity index (χ4v) is 4.00. The monoisotopic (exact) mass is 384 g/mol. The van der Waals surface area contributed by atoms with Crippen molar-refractivity contribution in [2.75, 3.05) is 0 Å². The number of aromatic nitrogens is 1. The molecule has 0 bridgehead atoms. The average molecular weight is 385 g/mol. The van der Waals surface area contributed by atoms with Crippen LogP contribution in [-0.2, 0) is 5.41 Å². The topological polar surface area (TPSA) is 17.3 Å². The number of nitrogens with zero attached hydrogens (tertiary/aromatic N) is 2. The van der Waals surface area contributed by atoms with Crippen LogP contribution >= 0.6 is 0 Å². The molecule has 0 aliphatic heterocycles. The van der Waals surface area contributed by atoms with Crippen LogP contribution in [0.4, 0.5) is 0 Å². The van der Waals surface area contributed by atoms with Gasteiger partial charge in [-0.25, -0.2) is 4.68 Å². The molecule has 2 heteroatoms. The Morgan fingerprint density at radius 3 is 2.52 bits per heavy atom. The van der Waals surface area contributed by atoms with E-state index in [0.29, 0.717) is 0 Å². The number of fused-ring (bicyclic) bond motifs is 1. The molecule has 0 unspecified atom stereocenters. The van der Waals surface area contributed by atoms with E-state index in [1.54, 1.807) is 0 Å². The van der Waals surface area contributed by atoms with Gasteiger partial charge in [0.05, 0.1) is 11.7 Å². The van der Waals surface area contributed by atoms with E-state index in [9.17, 15) is 0 Å². The molecule has 0 N–H and O–H groups in total. The van der Waals surface area contributed by atoms with Crippen molar-refractivity contribution >= 4 is 17.1 Å². The van der Waals surface area contributed by atoms with Crippen LogP contribution in [0.5, 0.6) is 0 Å². The van der Waals surface area contributed by atoms with Crippen LogP contribution in [0.2, 0.25) is 0 Å². The third kappa shape index (κ3) is 4.27. The van der Waals surface area contributed by atoms with Gasteiger partial charge < -0.3 is 0 Å². The zero-order chi connectivity index (χ0) is 20.9. The van der Waals surface area contributed by atoms with E-state index < -0.39 is 0 Å². The molecule has 1 aliphatic carbocycles. The molecule has 0 spiro atoms. The van der Waals surface area contributed by atoms with Gasteiger partial charge in [-0.05, 0) is 54.2 Å². The molecular weight excluding hydrogens is 352 g/mol. The highest BCUT2D eigenvalue weighted by Crippen LogP contribution is 2.36. The first kappa shape index (κ1) is 20.9. The lowest BCUT2D eigenvalue weighted by Crippen LogP contribution is -2.22. The Kier molecular flexibility index (Phi) is 6.53. The van der Waals surface area contributed by atoms with Gasteiger partial charge >= 0.3 is 0 Å². The molecule has 29 heavy (non-hydrogen) atoms. The number of benzene rings is 2. The summed E-state index contributed by atoms with van der Waals surface area (Å²) in [6.07, 6.45) is 13.2. The number of rotatable bonds is 4. The lowest BCUT2D eigenvalue weighted by Gasteiger charge is -2.30. The summed E-state index contributed by atoms with van der Waals surface area (Å²) < 4.78 is 1.94. The molecule has 2 aromatic carbocycles. The van der Waals surface area contributed by atoms with Crippen LogP contribution in [0.15, 0.2) is 83.6 Å².